The smallest absolute Gasteiger partial charge is 0.132 e. The van der Waals surface area contributed by atoms with Crippen LogP contribution in [0.5, 0.6) is 0 Å². The van der Waals surface area contributed by atoms with E-state index in [4.69, 9.17) is 4.42 Å². The second kappa shape index (κ2) is 4.90. The standard InChI is InChI=1S/C15H18O2S/c1-10-8-12(10)14-4-5-15(17-14)13(16)3-2-11-6-7-18-9-11/h4-7,9-10,12-13,16H,2-3,8H2,1H3. The Bertz CT molecular complexity index is 500. The molecule has 0 amide bonds. The Morgan fingerprint density at radius 1 is 1.44 bits per heavy atom. The van der Waals surface area contributed by atoms with Crippen molar-refractivity contribution >= 4 is 11.3 Å². The number of hydrogen-bond acceptors (Lipinski definition) is 3. The molecule has 1 N–H and O–H groups in total. The van der Waals surface area contributed by atoms with Gasteiger partial charge in [0, 0.05) is 5.92 Å². The number of rotatable bonds is 5. The van der Waals surface area contributed by atoms with Crippen molar-refractivity contribution in [3.05, 3.63) is 46.0 Å². The maximum Gasteiger partial charge on any atom is 0.132 e. The Morgan fingerprint density at radius 2 is 2.28 bits per heavy atom. The van der Waals surface area contributed by atoms with Crippen molar-refractivity contribution in [1.29, 1.82) is 0 Å². The van der Waals surface area contributed by atoms with Gasteiger partial charge >= 0.3 is 0 Å². The molecular formula is C15H18O2S. The van der Waals surface area contributed by atoms with E-state index in [1.807, 2.05) is 12.1 Å². The molecule has 0 saturated heterocycles. The number of aliphatic hydroxyl groups is 1. The Labute approximate surface area is 111 Å². The maximum absolute atomic E-state index is 10.1. The van der Waals surface area contributed by atoms with Crippen LogP contribution in [0.25, 0.3) is 0 Å². The lowest BCUT2D eigenvalue weighted by Gasteiger charge is -2.06. The van der Waals surface area contributed by atoms with E-state index in [2.05, 4.69) is 23.8 Å². The van der Waals surface area contributed by atoms with Gasteiger partial charge in [0.15, 0.2) is 0 Å². The first-order valence-electron chi connectivity index (χ1n) is 6.53. The van der Waals surface area contributed by atoms with Gasteiger partial charge in [-0.25, -0.2) is 0 Å². The van der Waals surface area contributed by atoms with E-state index >= 15 is 0 Å². The van der Waals surface area contributed by atoms with Crippen molar-refractivity contribution in [3.8, 4) is 0 Å². The summed E-state index contributed by atoms with van der Waals surface area (Å²) in [5, 5.41) is 14.3. The van der Waals surface area contributed by atoms with Gasteiger partial charge in [0.2, 0.25) is 0 Å². The predicted molar refractivity (Wildman–Crippen MR) is 72.8 cm³/mol. The van der Waals surface area contributed by atoms with Gasteiger partial charge in [0.25, 0.3) is 0 Å². The van der Waals surface area contributed by atoms with Gasteiger partial charge in [-0.1, -0.05) is 6.92 Å². The fourth-order valence-electron chi connectivity index (χ4n) is 2.35. The molecule has 3 unspecified atom stereocenters. The number of furan rings is 1. The van der Waals surface area contributed by atoms with Crippen LogP contribution in [-0.2, 0) is 6.42 Å². The van der Waals surface area contributed by atoms with Crippen LogP contribution in [0.15, 0.2) is 33.4 Å². The molecular weight excluding hydrogens is 244 g/mol. The van der Waals surface area contributed by atoms with Crippen LogP contribution in [0.4, 0.5) is 0 Å². The second-order valence-corrected chi connectivity index (χ2v) is 6.03. The van der Waals surface area contributed by atoms with Gasteiger partial charge in [0.05, 0.1) is 0 Å². The molecule has 2 nitrogen and oxygen atoms in total. The predicted octanol–water partition coefficient (Wildman–Crippen LogP) is 4.13. The highest BCUT2D eigenvalue weighted by Gasteiger charge is 2.36. The highest BCUT2D eigenvalue weighted by molar-refractivity contribution is 7.07. The van der Waals surface area contributed by atoms with E-state index in [0.717, 1.165) is 30.3 Å². The van der Waals surface area contributed by atoms with Gasteiger partial charge in [0.1, 0.15) is 17.6 Å². The van der Waals surface area contributed by atoms with Crippen LogP contribution in [-0.4, -0.2) is 5.11 Å². The molecule has 2 heterocycles. The molecule has 3 atom stereocenters. The first-order chi connectivity index (χ1) is 8.74. The maximum atomic E-state index is 10.1. The van der Waals surface area contributed by atoms with Crippen molar-refractivity contribution in [2.75, 3.05) is 0 Å². The summed E-state index contributed by atoms with van der Waals surface area (Å²) in [6.07, 6.45) is 2.37. The average Bonchev–Trinajstić information content (AvgIpc) is 2.87. The summed E-state index contributed by atoms with van der Waals surface area (Å²) < 4.78 is 5.76. The quantitative estimate of drug-likeness (QED) is 0.879. The molecule has 1 saturated carbocycles. The zero-order valence-electron chi connectivity index (χ0n) is 10.5. The van der Waals surface area contributed by atoms with E-state index in [9.17, 15) is 5.11 Å². The number of hydrogen-bond donors (Lipinski definition) is 1. The summed E-state index contributed by atoms with van der Waals surface area (Å²) in [6.45, 7) is 2.24. The van der Waals surface area contributed by atoms with Crippen molar-refractivity contribution < 1.29 is 9.52 Å². The SMILES string of the molecule is CC1CC1c1ccc(C(O)CCc2ccsc2)o1. The highest BCUT2D eigenvalue weighted by atomic mass is 32.1. The van der Waals surface area contributed by atoms with E-state index in [1.54, 1.807) is 11.3 Å². The number of thiophene rings is 1. The molecule has 1 aliphatic carbocycles. The van der Waals surface area contributed by atoms with E-state index in [-0.39, 0.29) is 0 Å². The number of aryl methyl sites for hydroxylation is 1. The summed E-state index contributed by atoms with van der Waals surface area (Å²) in [7, 11) is 0. The lowest BCUT2D eigenvalue weighted by molar-refractivity contribution is 0.138. The Hall–Kier alpha value is -1.06. The molecule has 0 radical (unpaired) electrons. The highest BCUT2D eigenvalue weighted by Crippen LogP contribution is 2.47. The van der Waals surface area contributed by atoms with Crippen molar-refractivity contribution in [2.24, 2.45) is 5.92 Å². The van der Waals surface area contributed by atoms with Crippen LogP contribution >= 0.6 is 11.3 Å². The largest absolute Gasteiger partial charge is 0.463 e. The fraction of sp³-hybridized carbons (Fsp3) is 0.467. The average molecular weight is 262 g/mol. The van der Waals surface area contributed by atoms with E-state index in [1.165, 1.54) is 12.0 Å². The molecule has 2 aromatic rings. The lowest BCUT2D eigenvalue weighted by Crippen LogP contribution is -1.97. The van der Waals surface area contributed by atoms with Crippen LogP contribution < -0.4 is 0 Å². The zero-order chi connectivity index (χ0) is 12.5. The zero-order valence-corrected chi connectivity index (χ0v) is 11.3. The molecule has 0 spiro atoms. The molecule has 18 heavy (non-hydrogen) atoms. The van der Waals surface area contributed by atoms with Crippen LogP contribution in [0, 0.1) is 5.92 Å². The van der Waals surface area contributed by atoms with Crippen molar-refractivity contribution in [1.82, 2.24) is 0 Å². The molecule has 3 heteroatoms. The third-order valence-electron chi connectivity index (χ3n) is 3.74. The monoisotopic (exact) mass is 262 g/mol. The molecule has 1 fully saturated rings. The Morgan fingerprint density at radius 3 is 2.94 bits per heavy atom. The minimum Gasteiger partial charge on any atom is -0.463 e. The molecule has 0 aromatic carbocycles. The Kier molecular flexibility index (Phi) is 3.27. The fourth-order valence-corrected chi connectivity index (χ4v) is 3.05. The molecule has 2 aromatic heterocycles. The van der Waals surface area contributed by atoms with Gasteiger partial charge in [-0.2, -0.15) is 11.3 Å². The minimum absolute atomic E-state index is 0.479. The Balaban J connectivity index is 1.58. The lowest BCUT2D eigenvalue weighted by atomic mass is 10.1. The van der Waals surface area contributed by atoms with Crippen LogP contribution in [0.1, 0.15) is 48.9 Å². The summed E-state index contributed by atoms with van der Waals surface area (Å²) >= 11 is 1.70. The third kappa shape index (κ3) is 2.52. The summed E-state index contributed by atoms with van der Waals surface area (Å²) in [5.74, 6) is 3.10. The van der Waals surface area contributed by atoms with Gasteiger partial charge in [-0.15, -0.1) is 0 Å². The molecule has 3 rings (SSSR count). The summed E-state index contributed by atoms with van der Waals surface area (Å²) in [5.41, 5.74) is 1.29. The van der Waals surface area contributed by atoms with Crippen molar-refractivity contribution in [3.63, 3.8) is 0 Å². The summed E-state index contributed by atoms with van der Waals surface area (Å²) in [4.78, 5) is 0. The van der Waals surface area contributed by atoms with Gasteiger partial charge < -0.3 is 9.52 Å². The summed E-state index contributed by atoms with van der Waals surface area (Å²) in [6, 6.07) is 6.06. The number of aliphatic hydroxyl groups excluding tert-OH is 1. The van der Waals surface area contributed by atoms with E-state index in [0.29, 0.717) is 5.92 Å². The first kappa shape index (κ1) is 12.0. The van der Waals surface area contributed by atoms with Gasteiger partial charge in [-0.3, -0.25) is 0 Å². The molecule has 96 valence electrons. The topological polar surface area (TPSA) is 33.4 Å². The third-order valence-corrected chi connectivity index (χ3v) is 4.47. The van der Waals surface area contributed by atoms with Crippen LogP contribution in [0.3, 0.4) is 0 Å². The van der Waals surface area contributed by atoms with Crippen molar-refractivity contribution in [2.45, 2.75) is 38.2 Å². The van der Waals surface area contributed by atoms with Crippen LogP contribution in [0.2, 0.25) is 0 Å². The minimum atomic E-state index is -0.479. The molecule has 1 aliphatic rings. The normalized spacial score (nSPS) is 24.1. The first-order valence-corrected chi connectivity index (χ1v) is 7.47. The van der Waals surface area contributed by atoms with Gasteiger partial charge in [-0.05, 0) is 59.7 Å². The molecule has 0 aliphatic heterocycles. The second-order valence-electron chi connectivity index (χ2n) is 5.25. The molecule has 0 bridgehead atoms. The van der Waals surface area contributed by atoms with E-state index < -0.39 is 6.10 Å².